The quantitative estimate of drug-likeness (QED) is 0.581. The summed E-state index contributed by atoms with van der Waals surface area (Å²) < 4.78 is 0. The third kappa shape index (κ3) is 4.99. The second-order valence-electron chi connectivity index (χ2n) is 3.24. The molecule has 19 heavy (non-hydrogen) atoms. The number of hydrogen-bond donors (Lipinski definition) is 3. The van der Waals surface area contributed by atoms with Crippen LogP contribution in [-0.4, -0.2) is 22.9 Å². The number of aliphatic carboxylic acids is 1. The number of hydrazine groups is 1. The number of nitrogens with one attached hydrogen (secondary N) is 2. The molecule has 8 heteroatoms. The number of hydrogen-bond acceptors (Lipinski definition) is 3. The molecule has 0 heterocycles. The molecule has 0 aromatic heterocycles. The van der Waals surface area contributed by atoms with Gasteiger partial charge in [0.25, 0.3) is 11.8 Å². The van der Waals surface area contributed by atoms with Gasteiger partial charge in [-0.3, -0.25) is 20.4 Å². The maximum absolute atomic E-state index is 11.6. The van der Waals surface area contributed by atoms with Crippen LogP contribution in [0.5, 0.6) is 0 Å². The van der Waals surface area contributed by atoms with E-state index in [-0.39, 0.29) is 10.6 Å². The summed E-state index contributed by atoms with van der Waals surface area (Å²) in [6.07, 6.45) is 1.39. The van der Waals surface area contributed by atoms with E-state index in [9.17, 15) is 14.4 Å². The number of amides is 2. The molecule has 3 N–H and O–H groups in total. The minimum absolute atomic E-state index is 0.119. The summed E-state index contributed by atoms with van der Waals surface area (Å²) in [4.78, 5) is 32.9. The molecule has 0 aliphatic heterocycles. The zero-order valence-electron chi connectivity index (χ0n) is 9.31. The monoisotopic (exact) mass is 302 g/mol. The van der Waals surface area contributed by atoms with Gasteiger partial charge in [0.15, 0.2) is 0 Å². The van der Waals surface area contributed by atoms with Crippen molar-refractivity contribution >= 4 is 41.0 Å². The molecular weight excluding hydrogens is 295 g/mol. The second-order valence-corrected chi connectivity index (χ2v) is 4.08. The molecule has 1 rings (SSSR count). The first kappa shape index (κ1) is 15.0. The summed E-state index contributed by atoms with van der Waals surface area (Å²) in [6, 6.07) is 4.23. The van der Waals surface area contributed by atoms with Crippen LogP contribution in [0.3, 0.4) is 0 Å². The first-order valence-corrected chi connectivity index (χ1v) is 5.62. The summed E-state index contributed by atoms with van der Waals surface area (Å²) in [5, 5.41) is 8.79. The highest BCUT2D eigenvalue weighted by Crippen LogP contribution is 2.20. The van der Waals surface area contributed by atoms with Crippen LogP contribution in [0.4, 0.5) is 0 Å². The first-order chi connectivity index (χ1) is 8.90. The lowest BCUT2D eigenvalue weighted by Crippen LogP contribution is -2.40. The van der Waals surface area contributed by atoms with Crippen LogP contribution in [0.1, 0.15) is 10.4 Å². The van der Waals surface area contributed by atoms with Gasteiger partial charge in [0, 0.05) is 17.2 Å². The molecule has 0 bridgehead atoms. The van der Waals surface area contributed by atoms with E-state index in [2.05, 4.69) is 5.43 Å². The highest BCUT2D eigenvalue weighted by atomic mass is 35.5. The zero-order chi connectivity index (χ0) is 14.4. The zero-order valence-corrected chi connectivity index (χ0v) is 10.8. The van der Waals surface area contributed by atoms with Gasteiger partial charge in [0.1, 0.15) is 0 Å². The van der Waals surface area contributed by atoms with E-state index in [0.29, 0.717) is 11.1 Å². The molecule has 1 aromatic carbocycles. The molecule has 0 aliphatic rings. The average molecular weight is 303 g/mol. The van der Waals surface area contributed by atoms with Crippen molar-refractivity contribution in [3.8, 4) is 0 Å². The first-order valence-electron chi connectivity index (χ1n) is 4.86. The Morgan fingerprint density at radius 1 is 1.11 bits per heavy atom. The van der Waals surface area contributed by atoms with Crippen molar-refractivity contribution in [1.82, 2.24) is 10.9 Å². The van der Waals surface area contributed by atoms with Crippen molar-refractivity contribution in [2.75, 3.05) is 0 Å². The van der Waals surface area contributed by atoms with Gasteiger partial charge in [-0.15, -0.1) is 0 Å². The molecule has 0 fully saturated rings. The minimum Gasteiger partial charge on any atom is -0.478 e. The summed E-state index contributed by atoms with van der Waals surface area (Å²) in [7, 11) is 0. The van der Waals surface area contributed by atoms with E-state index in [4.69, 9.17) is 28.3 Å². The van der Waals surface area contributed by atoms with Crippen LogP contribution in [0.25, 0.3) is 0 Å². The van der Waals surface area contributed by atoms with Gasteiger partial charge < -0.3 is 5.11 Å². The molecule has 0 saturated heterocycles. The fourth-order valence-corrected chi connectivity index (χ4v) is 1.54. The summed E-state index contributed by atoms with van der Waals surface area (Å²) >= 11 is 11.5. The highest BCUT2D eigenvalue weighted by molar-refractivity contribution is 6.36. The Bertz CT molecular complexity index is 558. The molecule has 1 aromatic rings. The highest BCUT2D eigenvalue weighted by Gasteiger charge is 2.10. The average Bonchev–Trinajstić information content (AvgIpc) is 2.33. The third-order valence-corrected chi connectivity index (χ3v) is 2.40. The van der Waals surface area contributed by atoms with Crippen LogP contribution >= 0.6 is 23.2 Å². The Hall–Kier alpha value is -2.05. The van der Waals surface area contributed by atoms with Gasteiger partial charge >= 0.3 is 5.97 Å². The number of carboxylic acids is 1. The number of benzene rings is 1. The summed E-state index contributed by atoms with van der Waals surface area (Å²) in [5.74, 6) is -2.72. The van der Waals surface area contributed by atoms with Gasteiger partial charge in [-0.05, 0) is 18.2 Å². The minimum atomic E-state index is -1.28. The van der Waals surface area contributed by atoms with Gasteiger partial charge in [-0.25, -0.2) is 4.79 Å². The smallest absolute Gasteiger partial charge is 0.328 e. The molecule has 6 nitrogen and oxygen atoms in total. The Morgan fingerprint density at radius 2 is 1.79 bits per heavy atom. The van der Waals surface area contributed by atoms with Gasteiger partial charge in [0.05, 0.1) is 10.6 Å². The third-order valence-electron chi connectivity index (χ3n) is 1.85. The van der Waals surface area contributed by atoms with E-state index in [0.717, 1.165) is 6.08 Å². The van der Waals surface area contributed by atoms with E-state index in [1.807, 2.05) is 5.43 Å². The molecule has 0 aliphatic carbocycles. The lowest BCUT2D eigenvalue weighted by Gasteiger charge is -2.06. The standard InChI is InChI=1S/C11H8Cl2N2O4/c12-6-1-2-7(8(13)5-6)11(19)15-14-9(16)3-4-10(17)18/h1-5H,(H,14,16)(H,15,19)(H,17,18). The second kappa shape index (κ2) is 6.77. The fourth-order valence-electron chi connectivity index (χ4n) is 1.05. The lowest BCUT2D eigenvalue weighted by atomic mass is 10.2. The molecule has 0 spiro atoms. The van der Waals surface area contributed by atoms with Gasteiger partial charge in [-0.1, -0.05) is 23.2 Å². The van der Waals surface area contributed by atoms with Crippen LogP contribution < -0.4 is 10.9 Å². The topological polar surface area (TPSA) is 95.5 Å². The van der Waals surface area contributed by atoms with Crippen LogP contribution in [-0.2, 0) is 9.59 Å². The molecule has 0 saturated carbocycles. The Kier molecular flexibility index (Phi) is 5.35. The van der Waals surface area contributed by atoms with E-state index < -0.39 is 17.8 Å². The number of rotatable bonds is 3. The molecule has 0 atom stereocenters. The Morgan fingerprint density at radius 3 is 2.37 bits per heavy atom. The van der Waals surface area contributed by atoms with Crippen LogP contribution in [0, 0.1) is 0 Å². The number of halogens is 2. The maximum Gasteiger partial charge on any atom is 0.328 e. The Labute approximate surface area is 118 Å². The fraction of sp³-hybridized carbons (Fsp3) is 0. The van der Waals surface area contributed by atoms with Crippen molar-refractivity contribution in [2.45, 2.75) is 0 Å². The number of carboxylic acid groups (broad SMARTS) is 1. The van der Waals surface area contributed by atoms with E-state index in [1.165, 1.54) is 18.2 Å². The SMILES string of the molecule is O=C(O)C=CC(=O)NNC(=O)c1ccc(Cl)cc1Cl. The van der Waals surface area contributed by atoms with Crippen molar-refractivity contribution in [2.24, 2.45) is 0 Å². The number of carbonyl (C=O) groups is 3. The van der Waals surface area contributed by atoms with E-state index >= 15 is 0 Å². The van der Waals surface area contributed by atoms with Gasteiger partial charge in [0.2, 0.25) is 0 Å². The molecule has 2 amide bonds. The van der Waals surface area contributed by atoms with Crippen LogP contribution in [0.2, 0.25) is 10.0 Å². The molecule has 100 valence electrons. The van der Waals surface area contributed by atoms with Crippen molar-refractivity contribution in [3.05, 3.63) is 46.0 Å². The van der Waals surface area contributed by atoms with Crippen molar-refractivity contribution in [1.29, 1.82) is 0 Å². The molecular formula is C11H8Cl2N2O4. The predicted molar refractivity (Wildman–Crippen MR) is 68.8 cm³/mol. The van der Waals surface area contributed by atoms with E-state index in [1.54, 1.807) is 0 Å². The maximum atomic E-state index is 11.6. The Balaban J connectivity index is 2.61. The number of carbonyl (C=O) groups excluding carboxylic acids is 2. The predicted octanol–water partition coefficient (Wildman–Crippen LogP) is 1.40. The summed E-state index contributed by atoms with van der Waals surface area (Å²) in [5.41, 5.74) is 4.19. The molecule has 0 unspecified atom stereocenters. The van der Waals surface area contributed by atoms with Crippen molar-refractivity contribution in [3.63, 3.8) is 0 Å². The largest absolute Gasteiger partial charge is 0.478 e. The van der Waals surface area contributed by atoms with Crippen molar-refractivity contribution < 1.29 is 19.5 Å². The lowest BCUT2D eigenvalue weighted by molar-refractivity contribution is -0.131. The molecule has 0 radical (unpaired) electrons. The normalized spacial score (nSPS) is 10.2. The summed E-state index contributed by atoms with van der Waals surface area (Å²) in [6.45, 7) is 0. The van der Waals surface area contributed by atoms with Crippen LogP contribution in [0.15, 0.2) is 30.4 Å². The van der Waals surface area contributed by atoms with Gasteiger partial charge in [-0.2, -0.15) is 0 Å².